The van der Waals surface area contributed by atoms with E-state index in [0.29, 0.717) is 5.66 Å². The molecule has 1 aromatic carbocycles. The summed E-state index contributed by atoms with van der Waals surface area (Å²) >= 11 is 0. The average molecular weight is 152 g/mol. The van der Waals surface area contributed by atoms with Crippen molar-refractivity contribution in [1.82, 2.24) is 0 Å². The van der Waals surface area contributed by atoms with Crippen LogP contribution in [0.25, 0.3) is 0 Å². The van der Waals surface area contributed by atoms with Crippen molar-refractivity contribution in [1.29, 1.82) is 0 Å². The number of aryl methyl sites for hydroxylation is 1. The molecule has 0 N–H and O–H groups in total. The SMILES string of the molecule is Cc1ccc(C(C)P)cc1. The fraction of sp³-hybridized carbons (Fsp3) is 0.333. The molecule has 0 aromatic heterocycles. The normalized spacial score (nSPS) is 13.1. The van der Waals surface area contributed by atoms with E-state index in [1.54, 1.807) is 0 Å². The first kappa shape index (κ1) is 7.75. The van der Waals surface area contributed by atoms with Crippen LogP contribution in [-0.2, 0) is 0 Å². The Morgan fingerprint density at radius 2 is 1.70 bits per heavy atom. The summed E-state index contributed by atoms with van der Waals surface area (Å²) < 4.78 is 0. The molecule has 0 aliphatic heterocycles. The molecule has 2 unspecified atom stereocenters. The predicted octanol–water partition coefficient (Wildman–Crippen LogP) is 2.93. The van der Waals surface area contributed by atoms with E-state index >= 15 is 0 Å². The lowest BCUT2D eigenvalue weighted by atomic mass is 10.1. The molecular weight excluding hydrogens is 139 g/mol. The van der Waals surface area contributed by atoms with Crippen molar-refractivity contribution in [3.63, 3.8) is 0 Å². The van der Waals surface area contributed by atoms with Crippen molar-refractivity contribution >= 4 is 9.24 Å². The van der Waals surface area contributed by atoms with Gasteiger partial charge in [0, 0.05) is 0 Å². The largest absolute Gasteiger partial charge is 0.130 e. The quantitative estimate of drug-likeness (QED) is 0.543. The van der Waals surface area contributed by atoms with Gasteiger partial charge in [0.1, 0.15) is 0 Å². The molecule has 0 radical (unpaired) electrons. The van der Waals surface area contributed by atoms with Gasteiger partial charge in [-0.15, -0.1) is 9.24 Å². The van der Waals surface area contributed by atoms with E-state index in [-0.39, 0.29) is 0 Å². The highest BCUT2D eigenvalue weighted by molar-refractivity contribution is 7.17. The van der Waals surface area contributed by atoms with Crippen LogP contribution in [0.3, 0.4) is 0 Å². The first-order chi connectivity index (χ1) is 4.70. The van der Waals surface area contributed by atoms with E-state index < -0.39 is 0 Å². The van der Waals surface area contributed by atoms with Crippen molar-refractivity contribution in [3.8, 4) is 0 Å². The fourth-order valence-corrected chi connectivity index (χ4v) is 1.09. The van der Waals surface area contributed by atoms with Crippen molar-refractivity contribution < 1.29 is 0 Å². The molecule has 0 aliphatic carbocycles. The van der Waals surface area contributed by atoms with Crippen molar-refractivity contribution in [2.24, 2.45) is 0 Å². The Balaban J connectivity index is 2.89. The van der Waals surface area contributed by atoms with Gasteiger partial charge in [0.2, 0.25) is 0 Å². The second-order valence-corrected chi connectivity index (χ2v) is 3.70. The highest BCUT2D eigenvalue weighted by Gasteiger charge is 1.95. The van der Waals surface area contributed by atoms with Crippen LogP contribution in [0.4, 0.5) is 0 Å². The minimum Gasteiger partial charge on any atom is -0.130 e. The Hall–Kier alpha value is -0.350. The predicted molar refractivity (Wildman–Crippen MR) is 49.3 cm³/mol. The molecule has 0 saturated heterocycles. The third kappa shape index (κ3) is 1.82. The monoisotopic (exact) mass is 152 g/mol. The van der Waals surface area contributed by atoms with Crippen LogP contribution in [-0.4, -0.2) is 0 Å². The number of hydrogen-bond acceptors (Lipinski definition) is 0. The second kappa shape index (κ2) is 3.16. The average Bonchev–Trinajstić information content (AvgIpc) is 1.88. The van der Waals surface area contributed by atoms with E-state index in [1.807, 2.05) is 0 Å². The van der Waals surface area contributed by atoms with Gasteiger partial charge in [0.25, 0.3) is 0 Å². The highest BCUT2D eigenvalue weighted by atomic mass is 31.0. The minimum absolute atomic E-state index is 0.570. The molecule has 1 heteroatoms. The number of hydrogen-bond donors (Lipinski definition) is 0. The molecule has 1 rings (SSSR count). The second-order valence-electron chi connectivity index (χ2n) is 2.70. The molecule has 0 heterocycles. The molecule has 10 heavy (non-hydrogen) atoms. The topological polar surface area (TPSA) is 0 Å². The van der Waals surface area contributed by atoms with Crippen LogP contribution in [0.1, 0.15) is 23.7 Å². The van der Waals surface area contributed by atoms with Gasteiger partial charge in [0.15, 0.2) is 0 Å². The van der Waals surface area contributed by atoms with Gasteiger partial charge in [0.05, 0.1) is 0 Å². The maximum absolute atomic E-state index is 2.79. The third-order valence-electron chi connectivity index (χ3n) is 1.60. The van der Waals surface area contributed by atoms with Crippen LogP contribution in [0.15, 0.2) is 24.3 Å². The molecule has 0 fully saturated rings. The Labute approximate surface area is 64.9 Å². The molecule has 0 bridgehead atoms. The maximum atomic E-state index is 2.79. The van der Waals surface area contributed by atoms with Crippen molar-refractivity contribution in [3.05, 3.63) is 35.4 Å². The molecule has 1 aromatic rings. The van der Waals surface area contributed by atoms with E-state index in [1.165, 1.54) is 11.1 Å². The zero-order valence-electron chi connectivity index (χ0n) is 6.46. The Morgan fingerprint density at radius 1 is 1.20 bits per heavy atom. The molecular formula is C9H13P. The van der Waals surface area contributed by atoms with E-state index in [2.05, 4.69) is 47.4 Å². The van der Waals surface area contributed by atoms with Crippen LogP contribution in [0, 0.1) is 6.92 Å². The minimum atomic E-state index is 0.570. The summed E-state index contributed by atoms with van der Waals surface area (Å²) in [4.78, 5) is 0. The van der Waals surface area contributed by atoms with Crippen LogP contribution >= 0.6 is 9.24 Å². The standard InChI is InChI=1S/C9H13P/c1-7-3-5-9(6-4-7)8(2)10/h3-6,8H,10H2,1-2H3. The lowest BCUT2D eigenvalue weighted by Crippen LogP contribution is -1.81. The third-order valence-corrected chi connectivity index (χ3v) is 1.99. The molecule has 0 saturated carbocycles. The molecule has 0 spiro atoms. The summed E-state index contributed by atoms with van der Waals surface area (Å²) in [6, 6.07) is 8.64. The van der Waals surface area contributed by atoms with Gasteiger partial charge in [-0.1, -0.05) is 36.8 Å². The smallest absolute Gasteiger partial charge is 0.00428 e. The molecule has 2 atom stereocenters. The summed E-state index contributed by atoms with van der Waals surface area (Å²) in [6.45, 7) is 4.28. The first-order valence-corrected chi connectivity index (χ1v) is 4.19. The van der Waals surface area contributed by atoms with Crippen LogP contribution in [0.5, 0.6) is 0 Å². The molecule has 54 valence electrons. The first-order valence-electron chi connectivity index (χ1n) is 3.52. The molecule has 0 nitrogen and oxygen atoms in total. The van der Waals surface area contributed by atoms with Crippen LogP contribution in [0.2, 0.25) is 0 Å². The fourth-order valence-electron chi connectivity index (χ4n) is 0.870. The Bertz CT molecular complexity index is 198. The lowest BCUT2D eigenvalue weighted by Gasteiger charge is -2.03. The van der Waals surface area contributed by atoms with E-state index in [9.17, 15) is 0 Å². The van der Waals surface area contributed by atoms with Gasteiger partial charge in [-0.3, -0.25) is 0 Å². The maximum Gasteiger partial charge on any atom is -0.00428 e. The number of rotatable bonds is 1. The Morgan fingerprint density at radius 3 is 2.10 bits per heavy atom. The van der Waals surface area contributed by atoms with Gasteiger partial charge in [-0.2, -0.15) is 0 Å². The molecule has 0 amide bonds. The highest BCUT2D eigenvalue weighted by Crippen LogP contribution is 2.21. The summed E-state index contributed by atoms with van der Waals surface area (Å²) in [7, 11) is 2.79. The Kier molecular flexibility index (Phi) is 2.45. The summed E-state index contributed by atoms with van der Waals surface area (Å²) in [5.74, 6) is 0. The summed E-state index contributed by atoms with van der Waals surface area (Å²) in [5, 5.41) is 0. The van der Waals surface area contributed by atoms with Gasteiger partial charge >= 0.3 is 0 Å². The van der Waals surface area contributed by atoms with E-state index in [4.69, 9.17) is 0 Å². The zero-order valence-corrected chi connectivity index (χ0v) is 7.62. The van der Waals surface area contributed by atoms with Gasteiger partial charge in [-0.05, 0) is 18.1 Å². The van der Waals surface area contributed by atoms with Crippen molar-refractivity contribution in [2.45, 2.75) is 19.5 Å². The zero-order chi connectivity index (χ0) is 7.56. The van der Waals surface area contributed by atoms with Gasteiger partial charge in [-0.25, -0.2) is 0 Å². The lowest BCUT2D eigenvalue weighted by molar-refractivity contribution is 1.10. The van der Waals surface area contributed by atoms with E-state index in [0.717, 1.165) is 0 Å². The summed E-state index contributed by atoms with van der Waals surface area (Å²) in [6.07, 6.45) is 0. The van der Waals surface area contributed by atoms with Crippen LogP contribution < -0.4 is 0 Å². The van der Waals surface area contributed by atoms with Gasteiger partial charge < -0.3 is 0 Å². The summed E-state index contributed by atoms with van der Waals surface area (Å²) in [5.41, 5.74) is 3.28. The number of benzene rings is 1. The van der Waals surface area contributed by atoms with Crippen molar-refractivity contribution in [2.75, 3.05) is 0 Å². The molecule has 0 aliphatic rings.